The first-order valence-corrected chi connectivity index (χ1v) is 12.0. The number of aryl methyl sites for hydroxylation is 1. The summed E-state index contributed by atoms with van der Waals surface area (Å²) >= 11 is 0. The van der Waals surface area contributed by atoms with Gasteiger partial charge in [-0.25, -0.2) is 4.98 Å². The van der Waals surface area contributed by atoms with Crippen molar-refractivity contribution in [3.05, 3.63) is 48.0 Å². The van der Waals surface area contributed by atoms with Crippen LogP contribution in [0, 0.1) is 5.41 Å². The van der Waals surface area contributed by atoms with Crippen LogP contribution in [0.2, 0.25) is 0 Å². The van der Waals surface area contributed by atoms with Gasteiger partial charge in [0.2, 0.25) is 5.91 Å². The summed E-state index contributed by atoms with van der Waals surface area (Å²) in [6.07, 6.45) is 7.98. The number of hydrogen-bond acceptors (Lipinski definition) is 5. The van der Waals surface area contributed by atoms with Gasteiger partial charge in [-0.1, -0.05) is 18.6 Å². The van der Waals surface area contributed by atoms with Crippen molar-refractivity contribution in [1.29, 1.82) is 0 Å². The zero-order valence-corrected chi connectivity index (χ0v) is 19.7. The molecule has 33 heavy (non-hydrogen) atoms. The van der Waals surface area contributed by atoms with E-state index in [9.17, 15) is 9.59 Å². The summed E-state index contributed by atoms with van der Waals surface area (Å²) < 4.78 is 7.98. The molecule has 2 amide bonds. The second kappa shape index (κ2) is 10.4. The Hall–Kier alpha value is -2.87. The molecule has 1 atom stereocenters. The van der Waals surface area contributed by atoms with E-state index in [2.05, 4.69) is 20.5 Å². The molecule has 1 fully saturated rings. The SMILES string of the molecule is C[C@@H]1COc2ccccc2C(=O)NCCCCC2(CCN(Cc3cncn3C)CC2)C(=O)N1. The number of piperidine rings is 1. The lowest BCUT2D eigenvalue weighted by Gasteiger charge is -2.41. The first-order valence-electron chi connectivity index (χ1n) is 12.0. The summed E-state index contributed by atoms with van der Waals surface area (Å²) in [6.45, 7) is 5.48. The predicted molar refractivity (Wildman–Crippen MR) is 126 cm³/mol. The topological polar surface area (TPSA) is 88.5 Å². The van der Waals surface area contributed by atoms with E-state index in [4.69, 9.17) is 4.74 Å². The molecule has 2 N–H and O–H groups in total. The number of carbonyl (C=O) groups excluding carboxylic acids is 2. The van der Waals surface area contributed by atoms with Crippen molar-refractivity contribution in [2.24, 2.45) is 12.5 Å². The molecule has 0 aliphatic carbocycles. The molecule has 2 aromatic rings. The molecule has 178 valence electrons. The van der Waals surface area contributed by atoms with Crippen LogP contribution < -0.4 is 15.4 Å². The van der Waals surface area contributed by atoms with Gasteiger partial charge >= 0.3 is 0 Å². The van der Waals surface area contributed by atoms with E-state index in [1.807, 2.05) is 43.2 Å². The molecule has 1 aromatic carbocycles. The Morgan fingerprint density at radius 2 is 1.94 bits per heavy atom. The first kappa shape index (κ1) is 23.3. The third-order valence-electron chi connectivity index (χ3n) is 6.96. The lowest BCUT2D eigenvalue weighted by atomic mass is 9.73. The van der Waals surface area contributed by atoms with Crippen LogP contribution in [0.4, 0.5) is 0 Å². The Bertz CT molecular complexity index is 964. The number of nitrogens with zero attached hydrogens (tertiary/aromatic N) is 3. The van der Waals surface area contributed by atoms with E-state index < -0.39 is 0 Å². The van der Waals surface area contributed by atoms with Gasteiger partial charge in [-0.05, 0) is 57.8 Å². The molecule has 1 spiro atoms. The molecule has 0 radical (unpaired) electrons. The quantitative estimate of drug-likeness (QED) is 0.730. The number of amides is 2. The summed E-state index contributed by atoms with van der Waals surface area (Å²) in [7, 11) is 2.01. The Morgan fingerprint density at radius 1 is 1.15 bits per heavy atom. The fraction of sp³-hybridized carbons (Fsp3) is 0.560. The first-order chi connectivity index (χ1) is 16.0. The maximum atomic E-state index is 13.5. The molecule has 2 aliphatic heterocycles. The molecule has 4 rings (SSSR count). The number of hydrogen-bond donors (Lipinski definition) is 2. The highest BCUT2D eigenvalue weighted by Gasteiger charge is 2.41. The van der Waals surface area contributed by atoms with Crippen LogP contribution in [0.1, 0.15) is 55.1 Å². The van der Waals surface area contributed by atoms with E-state index in [1.54, 1.807) is 12.1 Å². The normalized spacial score (nSPS) is 22.5. The maximum absolute atomic E-state index is 13.5. The summed E-state index contributed by atoms with van der Waals surface area (Å²) in [6, 6.07) is 7.11. The zero-order chi connectivity index (χ0) is 23.3. The molecule has 8 nitrogen and oxygen atoms in total. The molecule has 0 saturated carbocycles. The number of nitrogens with one attached hydrogen (secondary N) is 2. The minimum absolute atomic E-state index is 0.113. The smallest absolute Gasteiger partial charge is 0.255 e. The summed E-state index contributed by atoms with van der Waals surface area (Å²) in [5.41, 5.74) is 1.34. The van der Waals surface area contributed by atoms with Gasteiger partial charge in [0, 0.05) is 26.3 Å². The van der Waals surface area contributed by atoms with Crippen molar-refractivity contribution in [2.75, 3.05) is 26.2 Å². The number of carbonyl (C=O) groups is 2. The minimum Gasteiger partial charge on any atom is -0.491 e. The Balaban J connectivity index is 1.43. The van der Waals surface area contributed by atoms with Gasteiger partial charge in [0.05, 0.1) is 29.0 Å². The van der Waals surface area contributed by atoms with Gasteiger partial charge in [-0.2, -0.15) is 0 Å². The highest BCUT2D eigenvalue weighted by Crippen LogP contribution is 2.37. The Kier molecular flexibility index (Phi) is 7.33. The fourth-order valence-electron chi connectivity index (χ4n) is 4.79. The second-order valence-electron chi connectivity index (χ2n) is 9.45. The molecular weight excluding hydrogens is 418 g/mol. The van der Waals surface area contributed by atoms with Gasteiger partial charge in [0.25, 0.3) is 5.91 Å². The van der Waals surface area contributed by atoms with Gasteiger partial charge in [0.1, 0.15) is 12.4 Å². The highest BCUT2D eigenvalue weighted by molar-refractivity contribution is 5.96. The monoisotopic (exact) mass is 453 g/mol. The minimum atomic E-state index is -0.372. The molecule has 2 aliphatic rings. The van der Waals surface area contributed by atoms with Crippen molar-refractivity contribution in [2.45, 2.75) is 51.6 Å². The van der Waals surface area contributed by atoms with E-state index in [0.29, 0.717) is 24.5 Å². The maximum Gasteiger partial charge on any atom is 0.255 e. The van der Waals surface area contributed by atoms with Crippen molar-refractivity contribution >= 4 is 11.8 Å². The average molecular weight is 454 g/mol. The highest BCUT2D eigenvalue weighted by atomic mass is 16.5. The van der Waals surface area contributed by atoms with Gasteiger partial charge in [0.15, 0.2) is 0 Å². The predicted octanol–water partition coefficient (Wildman–Crippen LogP) is 2.50. The number of benzene rings is 1. The molecular formula is C25H35N5O3. The number of ether oxygens (including phenoxy) is 1. The van der Waals surface area contributed by atoms with E-state index in [0.717, 1.165) is 51.7 Å². The number of para-hydroxylation sites is 1. The number of rotatable bonds is 2. The number of likely N-dealkylation sites (tertiary alicyclic amines) is 1. The van der Waals surface area contributed by atoms with Crippen LogP contribution in [-0.4, -0.2) is 58.5 Å². The van der Waals surface area contributed by atoms with Gasteiger partial charge < -0.3 is 19.9 Å². The van der Waals surface area contributed by atoms with Crippen LogP contribution in [0.25, 0.3) is 0 Å². The van der Waals surface area contributed by atoms with Crippen LogP contribution >= 0.6 is 0 Å². The van der Waals surface area contributed by atoms with Crippen molar-refractivity contribution in [3.8, 4) is 5.75 Å². The van der Waals surface area contributed by atoms with Crippen LogP contribution in [-0.2, 0) is 18.4 Å². The Morgan fingerprint density at radius 3 is 2.70 bits per heavy atom. The lowest BCUT2D eigenvalue weighted by Crippen LogP contribution is -2.51. The van der Waals surface area contributed by atoms with Gasteiger partial charge in [-0.15, -0.1) is 0 Å². The molecule has 1 aromatic heterocycles. The fourth-order valence-corrected chi connectivity index (χ4v) is 4.79. The van der Waals surface area contributed by atoms with E-state index in [-0.39, 0.29) is 23.3 Å². The third-order valence-corrected chi connectivity index (χ3v) is 6.96. The molecule has 0 unspecified atom stereocenters. The summed E-state index contributed by atoms with van der Waals surface area (Å²) in [5, 5.41) is 6.22. The summed E-state index contributed by atoms with van der Waals surface area (Å²) in [5.74, 6) is 0.567. The number of aromatic nitrogens is 2. The Labute approximate surface area is 195 Å². The van der Waals surface area contributed by atoms with Crippen molar-refractivity contribution in [1.82, 2.24) is 25.1 Å². The zero-order valence-electron chi connectivity index (χ0n) is 19.7. The molecule has 3 heterocycles. The second-order valence-corrected chi connectivity index (χ2v) is 9.45. The largest absolute Gasteiger partial charge is 0.491 e. The standard InChI is InChI=1S/C25H35N5O3/c1-19-17-33-22-8-4-3-7-21(22)23(31)27-12-6-5-9-25(24(32)28-19)10-13-30(14-11-25)16-20-15-26-18-29(20)2/h3-4,7-8,15,18-19H,5-6,9-14,16-17H2,1-2H3,(H,27,31)(H,28,32)/t19-/m1/s1. The van der Waals surface area contributed by atoms with Crippen molar-refractivity contribution < 1.29 is 14.3 Å². The molecule has 8 heteroatoms. The number of fused-ring (bicyclic) bond motifs is 1. The van der Waals surface area contributed by atoms with Crippen LogP contribution in [0.5, 0.6) is 5.75 Å². The average Bonchev–Trinajstić information content (AvgIpc) is 3.22. The van der Waals surface area contributed by atoms with E-state index >= 15 is 0 Å². The van der Waals surface area contributed by atoms with Crippen LogP contribution in [0.15, 0.2) is 36.8 Å². The molecule has 0 bridgehead atoms. The lowest BCUT2D eigenvalue weighted by molar-refractivity contribution is -0.135. The summed E-state index contributed by atoms with van der Waals surface area (Å²) in [4.78, 5) is 32.7. The third kappa shape index (κ3) is 5.55. The molecule has 1 saturated heterocycles. The van der Waals surface area contributed by atoms with Gasteiger partial charge in [-0.3, -0.25) is 14.5 Å². The van der Waals surface area contributed by atoms with E-state index in [1.165, 1.54) is 5.69 Å². The number of imidazole rings is 1. The van der Waals surface area contributed by atoms with Crippen molar-refractivity contribution in [3.63, 3.8) is 0 Å². The van der Waals surface area contributed by atoms with Crippen LogP contribution in [0.3, 0.4) is 0 Å².